The molecule has 1 rings (SSSR count). The van der Waals surface area contributed by atoms with Crippen LogP contribution in [0.25, 0.3) is 0 Å². The molecular formula is C11H7ClF6O3S. The van der Waals surface area contributed by atoms with Crippen molar-refractivity contribution in [3.8, 4) is 0 Å². The Kier molecular flexibility index (Phi) is 5.39. The van der Waals surface area contributed by atoms with E-state index < -0.39 is 34.0 Å². The highest BCUT2D eigenvalue weighted by molar-refractivity contribution is 7.87. The fraction of sp³-hybridized carbons (Fsp3) is 0.273. The zero-order chi connectivity index (χ0) is 17.2. The van der Waals surface area contributed by atoms with Gasteiger partial charge in [0.2, 0.25) is 5.76 Å². The molecule has 0 fully saturated rings. The van der Waals surface area contributed by atoms with Crippen LogP contribution in [-0.2, 0) is 20.7 Å². The molecule has 0 bridgehead atoms. The molecular weight excluding hydrogens is 362 g/mol. The number of halogens is 7. The second-order valence-corrected chi connectivity index (χ2v) is 5.79. The topological polar surface area (TPSA) is 43.4 Å². The summed E-state index contributed by atoms with van der Waals surface area (Å²) in [5, 5.41) is 0.0685. The van der Waals surface area contributed by atoms with Crippen LogP contribution in [0.15, 0.2) is 36.1 Å². The highest BCUT2D eigenvalue weighted by Crippen LogP contribution is 2.33. The minimum Gasteiger partial charge on any atom is -0.371 e. The maximum Gasteiger partial charge on any atom is 0.534 e. The molecule has 0 radical (unpaired) electrons. The number of hydrogen-bond donors (Lipinski definition) is 0. The quantitative estimate of drug-likeness (QED) is 0.346. The van der Waals surface area contributed by atoms with Crippen LogP contribution in [0.3, 0.4) is 0 Å². The van der Waals surface area contributed by atoms with Crippen LogP contribution in [0.4, 0.5) is 26.3 Å². The third-order valence-electron chi connectivity index (χ3n) is 2.23. The standard InChI is InChI=1S/C11H7ClF6O3S/c12-8-4-2-1-3-7(8)5-6-9(10(13,14)15)21-22(19,20)11(16,17)18/h1-4,6H,5H2. The van der Waals surface area contributed by atoms with Crippen LogP contribution >= 0.6 is 11.6 Å². The van der Waals surface area contributed by atoms with E-state index in [-0.39, 0.29) is 16.7 Å². The first-order chi connectivity index (χ1) is 9.84. The zero-order valence-electron chi connectivity index (χ0n) is 10.4. The Bertz CT molecular complexity index is 663. The van der Waals surface area contributed by atoms with Crippen molar-refractivity contribution in [2.45, 2.75) is 18.1 Å². The van der Waals surface area contributed by atoms with Gasteiger partial charge >= 0.3 is 21.8 Å². The summed E-state index contributed by atoms with van der Waals surface area (Å²) in [4.78, 5) is 0. The van der Waals surface area contributed by atoms with Gasteiger partial charge in [-0.25, -0.2) is 0 Å². The third kappa shape index (κ3) is 4.80. The minimum absolute atomic E-state index is 0.0685. The van der Waals surface area contributed by atoms with Gasteiger partial charge in [-0.2, -0.15) is 34.8 Å². The van der Waals surface area contributed by atoms with E-state index in [0.29, 0.717) is 0 Å². The van der Waals surface area contributed by atoms with Crippen molar-refractivity contribution in [1.29, 1.82) is 0 Å². The molecule has 0 unspecified atom stereocenters. The lowest BCUT2D eigenvalue weighted by molar-refractivity contribution is -0.120. The van der Waals surface area contributed by atoms with Gasteiger partial charge in [-0.15, -0.1) is 0 Å². The highest BCUT2D eigenvalue weighted by Gasteiger charge is 2.51. The molecule has 0 spiro atoms. The average molecular weight is 369 g/mol. The van der Waals surface area contributed by atoms with Crippen molar-refractivity contribution in [1.82, 2.24) is 0 Å². The molecule has 0 N–H and O–H groups in total. The first kappa shape index (κ1) is 18.6. The number of hydrogen-bond acceptors (Lipinski definition) is 3. The molecule has 0 heterocycles. The summed E-state index contributed by atoms with van der Waals surface area (Å²) in [6.45, 7) is 0. The van der Waals surface area contributed by atoms with Gasteiger partial charge in [0, 0.05) is 5.02 Å². The molecule has 0 atom stereocenters. The summed E-state index contributed by atoms with van der Waals surface area (Å²) in [5.74, 6) is -2.29. The third-order valence-corrected chi connectivity index (χ3v) is 3.56. The first-order valence-corrected chi connectivity index (χ1v) is 7.15. The van der Waals surface area contributed by atoms with Crippen molar-refractivity contribution in [3.63, 3.8) is 0 Å². The summed E-state index contributed by atoms with van der Waals surface area (Å²) in [6, 6.07) is 5.61. The van der Waals surface area contributed by atoms with Crippen LogP contribution in [0, 0.1) is 0 Å². The molecule has 0 aromatic heterocycles. The summed E-state index contributed by atoms with van der Waals surface area (Å²) in [7, 11) is -6.42. The Labute approximate surface area is 126 Å². The van der Waals surface area contributed by atoms with Crippen LogP contribution in [0.5, 0.6) is 0 Å². The molecule has 0 aliphatic carbocycles. The maximum atomic E-state index is 12.6. The van der Waals surface area contributed by atoms with Gasteiger partial charge in [-0.3, -0.25) is 0 Å². The summed E-state index contributed by atoms with van der Waals surface area (Å²) >= 11 is 5.68. The SMILES string of the molecule is O=S(=O)(OC(=CCc1ccccc1Cl)C(F)(F)F)C(F)(F)F. The Hall–Kier alpha value is -1.42. The molecule has 1 aromatic rings. The van der Waals surface area contributed by atoms with E-state index in [9.17, 15) is 34.8 Å². The Morgan fingerprint density at radius 1 is 1.14 bits per heavy atom. The van der Waals surface area contributed by atoms with Crippen molar-refractivity contribution < 1.29 is 38.9 Å². The van der Waals surface area contributed by atoms with Gasteiger partial charge in [-0.1, -0.05) is 29.8 Å². The molecule has 1 aromatic carbocycles. The summed E-state index contributed by atoms with van der Waals surface area (Å²) in [6.07, 6.45) is -5.81. The number of alkyl halides is 6. The summed E-state index contributed by atoms with van der Waals surface area (Å²) < 4.78 is 98.5. The van der Waals surface area contributed by atoms with Crippen molar-refractivity contribution in [3.05, 3.63) is 46.7 Å². The number of rotatable bonds is 4. The molecule has 0 amide bonds. The molecule has 0 saturated heterocycles. The van der Waals surface area contributed by atoms with Crippen molar-refractivity contribution >= 4 is 21.7 Å². The van der Waals surface area contributed by atoms with E-state index in [2.05, 4.69) is 4.18 Å². The van der Waals surface area contributed by atoms with Gasteiger partial charge in [-0.05, 0) is 24.1 Å². The van der Waals surface area contributed by atoms with Gasteiger partial charge in [0.1, 0.15) is 0 Å². The van der Waals surface area contributed by atoms with E-state index in [1.807, 2.05) is 0 Å². The lowest BCUT2D eigenvalue weighted by atomic mass is 10.1. The monoisotopic (exact) mass is 368 g/mol. The lowest BCUT2D eigenvalue weighted by Crippen LogP contribution is -2.29. The van der Waals surface area contributed by atoms with Gasteiger partial charge in [0.25, 0.3) is 0 Å². The fourth-order valence-electron chi connectivity index (χ4n) is 1.23. The molecule has 0 aliphatic heterocycles. The smallest absolute Gasteiger partial charge is 0.371 e. The van der Waals surface area contributed by atoms with Crippen LogP contribution in [0.1, 0.15) is 5.56 Å². The van der Waals surface area contributed by atoms with Crippen molar-refractivity contribution in [2.24, 2.45) is 0 Å². The molecule has 3 nitrogen and oxygen atoms in total. The Balaban J connectivity index is 3.11. The molecule has 0 aliphatic rings. The maximum absolute atomic E-state index is 12.6. The second kappa shape index (κ2) is 6.37. The number of benzene rings is 1. The normalized spacial score (nSPS) is 14.0. The average Bonchev–Trinajstić information content (AvgIpc) is 2.33. The van der Waals surface area contributed by atoms with Crippen LogP contribution < -0.4 is 0 Å². The molecule has 11 heteroatoms. The van der Waals surface area contributed by atoms with Crippen LogP contribution in [0.2, 0.25) is 5.02 Å². The molecule has 22 heavy (non-hydrogen) atoms. The van der Waals surface area contributed by atoms with Crippen LogP contribution in [-0.4, -0.2) is 20.1 Å². The molecule has 0 saturated carbocycles. The Morgan fingerprint density at radius 2 is 1.68 bits per heavy atom. The van der Waals surface area contributed by atoms with E-state index in [1.54, 1.807) is 0 Å². The Morgan fingerprint density at radius 3 is 2.14 bits per heavy atom. The minimum atomic E-state index is -6.42. The van der Waals surface area contributed by atoms with E-state index in [4.69, 9.17) is 11.6 Å². The first-order valence-electron chi connectivity index (χ1n) is 5.36. The second-order valence-electron chi connectivity index (χ2n) is 3.84. The van der Waals surface area contributed by atoms with Gasteiger partial charge < -0.3 is 4.18 Å². The van der Waals surface area contributed by atoms with Gasteiger partial charge in [0.05, 0.1) is 0 Å². The van der Waals surface area contributed by atoms with E-state index in [0.717, 1.165) is 0 Å². The van der Waals surface area contributed by atoms with E-state index >= 15 is 0 Å². The van der Waals surface area contributed by atoms with E-state index in [1.165, 1.54) is 24.3 Å². The number of allylic oxidation sites excluding steroid dienone is 2. The fourth-order valence-corrected chi connectivity index (χ4v) is 1.94. The predicted octanol–water partition coefficient (Wildman–Crippen LogP) is 4.19. The largest absolute Gasteiger partial charge is 0.534 e. The van der Waals surface area contributed by atoms with Gasteiger partial charge in [0.15, 0.2) is 0 Å². The zero-order valence-corrected chi connectivity index (χ0v) is 11.9. The lowest BCUT2D eigenvalue weighted by Gasteiger charge is -2.14. The summed E-state index contributed by atoms with van der Waals surface area (Å²) in [5.41, 5.74) is -5.82. The predicted molar refractivity (Wildman–Crippen MR) is 65.4 cm³/mol. The van der Waals surface area contributed by atoms with Crippen molar-refractivity contribution in [2.75, 3.05) is 0 Å². The molecule has 124 valence electrons. The highest BCUT2D eigenvalue weighted by atomic mass is 35.5.